The molecule has 17 heavy (non-hydrogen) atoms. The van der Waals surface area contributed by atoms with E-state index in [2.05, 4.69) is 10.3 Å². The second-order valence-corrected chi connectivity index (χ2v) is 3.53. The number of aromatic nitrogens is 1. The number of hydrogen-bond acceptors (Lipinski definition) is 4. The van der Waals surface area contributed by atoms with E-state index in [-0.39, 0.29) is 5.91 Å². The number of ether oxygens (including phenoxy) is 1. The number of hydrogen-bond donors (Lipinski definition) is 2. The third-order valence-corrected chi connectivity index (χ3v) is 2.12. The predicted octanol–water partition coefficient (Wildman–Crippen LogP) is 1.21. The molecule has 0 spiro atoms. The molecule has 1 amide bonds. The Hall–Kier alpha value is -2.04. The lowest BCUT2D eigenvalue weighted by molar-refractivity contribution is -0.118. The van der Waals surface area contributed by atoms with E-state index in [0.717, 1.165) is 12.0 Å². The number of anilines is 1. The van der Waals surface area contributed by atoms with E-state index in [1.54, 1.807) is 13.3 Å². The van der Waals surface area contributed by atoms with Crippen LogP contribution in [0, 0.1) is 0 Å². The maximum atomic E-state index is 10.6. The Kier molecular flexibility index (Phi) is 5.00. The van der Waals surface area contributed by atoms with Crippen LogP contribution >= 0.6 is 0 Å². The molecule has 0 aliphatic rings. The van der Waals surface area contributed by atoms with Crippen LogP contribution in [-0.4, -0.2) is 24.5 Å². The average molecular weight is 235 g/mol. The second kappa shape index (κ2) is 6.52. The molecule has 0 atom stereocenters. The molecule has 0 aliphatic carbocycles. The lowest BCUT2D eigenvalue weighted by Crippen LogP contribution is -2.20. The Bertz CT molecular complexity index is 416. The van der Waals surface area contributed by atoms with Gasteiger partial charge in [0, 0.05) is 19.7 Å². The lowest BCUT2D eigenvalue weighted by atomic mass is 10.2. The van der Waals surface area contributed by atoms with Crippen LogP contribution in [0.1, 0.15) is 18.9 Å². The molecule has 3 N–H and O–H groups in total. The van der Waals surface area contributed by atoms with Crippen molar-refractivity contribution < 1.29 is 9.53 Å². The molecule has 1 aromatic rings. The van der Waals surface area contributed by atoms with Crippen molar-refractivity contribution >= 4 is 17.8 Å². The molecule has 0 bridgehead atoms. The van der Waals surface area contributed by atoms with E-state index >= 15 is 0 Å². The van der Waals surface area contributed by atoms with Gasteiger partial charge in [-0.15, -0.1) is 0 Å². The quantitative estimate of drug-likeness (QED) is 0.752. The average Bonchev–Trinajstić information content (AvgIpc) is 2.30. The van der Waals surface area contributed by atoms with Gasteiger partial charge in [0.05, 0.1) is 7.11 Å². The SMILES string of the molecule is COc1cc(C=CCCNC(C)=O)cnc1N. The molecule has 0 aromatic carbocycles. The number of carbonyl (C=O) groups excluding carboxylic acids is 1. The van der Waals surface area contributed by atoms with Gasteiger partial charge in [0.2, 0.25) is 5.91 Å². The van der Waals surface area contributed by atoms with Crippen LogP contribution in [0.15, 0.2) is 18.3 Å². The van der Waals surface area contributed by atoms with Gasteiger partial charge in [-0.1, -0.05) is 12.2 Å². The highest BCUT2D eigenvalue weighted by molar-refractivity contribution is 5.72. The normalized spacial score (nSPS) is 10.5. The van der Waals surface area contributed by atoms with Gasteiger partial charge in [0.25, 0.3) is 0 Å². The molecule has 0 fully saturated rings. The molecule has 5 nitrogen and oxygen atoms in total. The standard InChI is InChI=1S/C12H17N3O2/c1-9(16)14-6-4-3-5-10-7-11(17-2)12(13)15-8-10/h3,5,7-8H,4,6H2,1-2H3,(H2,13,15)(H,14,16). The summed E-state index contributed by atoms with van der Waals surface area (Å²) in [7, 11) is 1.55. The zero-order valence-electron chi connectivity index (χ0n) is 10.1. The monoisotopic (exact) mass is 235 g/mol. The van der Waals surface area contributed by atoms with E-state index in [1.807, 2.05) is 18.2 Å². The van der Waals surface area contributed by atoms with Crippen molar-refractivity contribution in [3.8, 4) is 5.75 Å². The van der Waals surface area contributed by atoms with Crippen molar-refractivity contribution in [2.24, 2.45) is 0 Å². The first-order valence-corrected chi connectivity index (χ1v) is 5.34. The number of rotatable bonds is 5. The van der Waals surface area contributed by atoms with Crippen molar-refractivity contribution in [2.75, 3.05) is 19.4 Å². The van der Waals surface area contributed by atoms with Crippen LogP contribution in [0.3, 0.4) is 0 Å². The van der Waals surface area contributed by atoms with Crippen LogP contribution in [0.25, 0.3) is 6.08 Å². The fraction of sp³-hybridized carbons (Fsp3) is 0.333. The van der Waals surface area contributed by atoms with Crippen molar-refractivity contribution in [3.05, 3.63) is 23.9 Å². The van der Waals surface area contributed by atoms with E-state index in [0.29, 0.717) is 18.1 Å². The minimum Gasteiger partial charge on any atom is -0.493 e. The summed E-state index contributed by atoms with van der Waals surface area (Å²) >= 11 is 0. The van der Waals surface area contributed by atoms with Crippen molar-refractivity contribution in [1.82, 2.24) is 10.3 Å². The minimum absolute atomic E-state index is 0.0192. The number of nitrogens with two attached hydrogens (primary N) is 1. The van der Waals surface area contributed by atoms with Crippen molar-refractivity contribution in [2.45, 2.75) is 13.3 Å². The summed E-state index contributed by atoms with van der Waals surface area (Å²) in [6.07, 6.45) is 6.32. The summed E-state index contributed by atoms with van der Waals surface area (Å²) in [5.74, 6) is 0.922. The van der Waals surface area contributed by atoms with Crippen molar-refractivity contribution in [3.63, 3.8) is 0 Å². The summed E-state index contributed by atoms with van der Waals surface area (Å²) in [6, 6.07) is 1.82. The molecular formula is C12H17N3O2. The third kappa shape index (κ3) is 4.55. The zero-order valence-corrected chi connectivity index (χ0v) is 10.1. The molecule has 0 aliphatic heterocycles. The molecule has 0 radical (unpaired) electrons. The molecule has 0 saturated heterocycles. The number of nitrogens with one attached hydrogen (secondary N) is 1. The predicted molar refractivity (Wildman–Crippen MR) is 67.5 cm³/mol. The molecule has 0 saturated carbocycles. The van der Waals surface area contributed by atoms with Crippen LogP contribution in [0.4, 0.5) is 5.82 Å². The number of nitrogen functional groups attached to an aromatic ring is 1. The van der Waals surface area contributed by atoms with Gasteiger partial charge >= 0.3 is 0 Å². The smallest absolute Gasteiger partial charge is 0.216 e. The number of pyridine rings is 1. The number of carbonyl (C=O) groups is 1. The molecule has 5 heteroatoms. The number of nitrogens with zero attached hydrogens (tertiary/aromatic N) is 1. The topological polar surface area (TPSA) is 77.2 Å². The van der Waals surface area contributed by atoms with Gasteiger partial charge in [-0.2, -0.15) is 0 Å². The van der Waals surface area contributed by atoms with Gasteiger partial charge in [-0.25, -0.2) is 4.98 Å². The Morgan fingerprint density at radius 3 is 3.06 bits per heavy atom. The second-order valence-electron chi connectivity index (χ2n) is 3.53. The van der Waals surface area contributed by atoms with Gasteiger partial charge in [-0.3, -0.25) is 4.79 Å². The van der Waals surface area contributed by atoms with Crippen LogP contribution in [-0.2, 0) is 4.79 Å². The summed E-state index contributed by atoms with van der Waals surface area (Å²) < 4.78 is 5.07. The Balaban J connectivity index is 2.50. The fourth-order valence-corrected chi connectivity index (χ4v) is 1.28. The first kappa shape index (κ1) is 13.0. The van der Waals surface area contributed by atoms with Gasteiger partial charge < -0.3 is 15.8 Å². The molecule has 1 heterocycles. The highest BCUT2D eigenvalue weighted by atomic mass is 16.5. The summed E-state index contributed by atoms with van der Waals surface area (Å²) in [4.78, 5) is 14.6. The Labute approximate surface area is 101 Å². The van der Waals surface area contributed by atoms with E-state index in [4.69, 9.17) is 10.5 Å². The highest BCUT2D eigenvalue weighted by Crippen LogP contribution is 2.19. The number of methoxy groups -OCH3 is 1. The summed E-state index contributed by atoms with van der Waals surface area (Å²) in [6.45, 7) is 2.13. The van der Waals surface area contributed by atoms with Gasteiger partial charge in [0.1, 0.15) is 0 Å². The van der Waals surface area contributed by atoms with Crippen LogP contribution in [0.2, 0.25) is 0 Å². The molecule has 1 aromatic heterocycles. The molecule has 92 valence electrons. The molecular weight excluding hydrogens is 218 g/mol. The summed E-state index contributed by atoms with van der Waals surface area (Å²) in [5.41, 5.74) is 6.52. The number of amides is 1. The van der Waals surface area contributed by atoms with Gasteiger partial charge in [-0.05, 0) is 18.1 Å². The molecule has 0 unspecified atom stereocenters. The lowest BCUT2D eigenvalue weighted by Gasteiger charge is -2.03. The fourth-order valence-electron chi connectivity index (χ4n) is 1.28. The minimum atomic E-state index is -0.0192. The van der Waals surface area contributed by atoms with Crippen LogP contribution < -0.4 is 15.8 Å². The summed E-state index contributed by atoms with van der Waals surface area (Å²) in [5, 5.41) is 2.71. The maximum absolute atomic E-state index is 10.6. The van der Waals surface area contributed by atoms with Crippen molar-refractivity contribution in [1.29, 1.82) is 0 Å². The Morgan fingerprint density at radius 2 is 2.41 bits per heavy atom. The molecule has 1 rings (SSSR count). The zero-order chi connectivity index (χ0) is 12.7. The first-order chi connectivity index (χ1) is 8.13. The van der Waals surface area contributed by atoms with E-state index in [9.17, 15) is 4.79 Å². The maximum Gasteiger partial charge on any atom is 0.216 e. The highest BCUT2D eigenvalue weighted by Gasteiger charge is 1.99. The van der Waals surface area contributed by atoms with Crippen LogP contribution in [0.5, 0.6) is 5.75 Å². The third-order valence-electron chi connectivity index (χ3n) is 2.12. The largest absolute Gasteiger partial charge is 0.493 e. The van der Waals surface area contributed by atoms with E-state index in [1.165, 1.54) is 6.92 Å². The van der Waals surface area contributed by atoms with E-state index < -0.39 is 0 Å². The first-order valence-electron chi connectivity index (χ1n) is 5.34. The van der Waals surface area contributed by atoms with Gasteiger partial charge in [0.15, 0.2) is 11.6 Å². The Morgan fingerprint density at radius 1 is 1.65 bits per heavy atom.